The molecule has 0 amide bonds. The zero-order valence-electron chi connectivity index (χ0n) is 12.2. The van der Waals surface area contributed by atoms with Crippen LogP contribution in [0.3, 0.4) is 0 Å². The summed E-state index contributed by atoms with van der Waals surface area (Å²) in [5.74, 6) is 0. The standard InChI is InChI=1S/C15H27NOS/c1-5-13-7-8-14(18-13)11-15(3,6-2)12-16-9-10-17-4/h7-8,16H,5-6,9-12H2,1-4H3. The predicted molar refractivity (Wildman–Crippen MR) is 80.5 cm³/mol. The summed E-state index contributed by atoms with van der Waals surface area (Å²) in [6, 6.07) is 4.57. The average Bonchev–Trinajstić information content (AvgIpc) is 2.82. The second-order valence-electron chi connectivity index (χ2n) is 5.23. The summed E-state index contributed by atoms with van der Waals surface area (Å²) in [6.45, 7) is 9.67. The van der Waals surface area contributed by atoms with Gasteiger partial charge in [-0.3, -0.25) is 0 Å². The van der Waals surface area contributed by atoms with Crippen LogP contribution in [0.5, 0.6) is 0 Å². The van der Waals surface area contributed by atoms with Crippen LogP contribution in [-0.2, 0) is 17.6 Å². The van der Waals surface area contributed by atoms with Crippen LogP contribution in [0.25, 0.3) is 0 Å². The van der Waals surface area contributed by atoms with E-state index in [0.717, 1.165) is 26.1 Å². The molecule has 0 aliphatic heterocycles. The highest BCUT2D eigenvalue weighted by Crippen LogP contribution is 2.29. The first-order valence-corrected chi connectivity index (χ1v) is 7.72. The fourth-order valence-corrected chi connectivity index (χ4v) is 3.18. The summed E-state index contributed by atoms with van der Waals surface area (Å²) in [7, 11) is 1.75. The highest BCUT2D eigenvalue weighted by atomic mass is 32.1. The van der Waals surface area contributed by atoms with Crippen molar-refractivity contribution >= 4 is 11.3 Å². The predicted octanol–water partition coefficient (Wildman–Crippen LogP) is 3.51. The van der Waals surface area contributed by atoms with Gasteiger partial charge in [-0.25, -0.2) is 0 Å². The third-order valence-electron chi connectivity index (χ3n) is 3.56. The molecular formula is C15H27NOS. The van der Waals surface area contributed by atoms with Crippen LogP contribution in [-0.4, -0.2) is 26.8 Å². The van der Waals surface area contributed by atoms with Gasteiger partial charge in [0, 0.05) is 30.0 Å². The first-order valence-electron chi connectivity index (χ1n) is 6.90. The van der Waals surface area contributed by atoms with E-state index in [1.807, 2.05) is 11.3 Å². The van der Waals surface area contributed by atoms with E-state index in [-0.39, 0.29) is 0 Å². The fourth-order valence-electron chi connectivity index (χ4n) is 2.00. The molecule has 1 rings (SSSR count). The molecule has 1 aromatic rings. The zero-order valence-corrected chi connectivity index (χ0v) is 13.0. The lowest BCUT2D eigenvalue weighted by atomic mass is 9.83. The summed E-state index contributed by atoms with van der Waals surface area (Å²) in [5, 5.41) is 3.50. The minimum Gasteiger partial charge on any atom is -0.383 e. The van der Waals surface area contributed by atoms with Crippen LogP contribution in [0.15, 0.2) is 12.1 Å². The van der Waals surface area contributed by atoms with E-state index >= 15 is 0 Å². The van der Waals surface area contributed by atoms with Crippen LogP contribution in [0.2, 0.25) is 0 Å². The maximum Gasteiger partial charge on any atom is 0.0587 e. The van der Waals surface area contributed by atoms with E-state index in [9.17, 15) is 0 Å². The van der Waals surface area contributed by atoms with Crippen molar-refractivity contribution in [3.8, 4) is 0 Å². The van der Waals surface area contributed by atoms with E-state index in [1.54, 1.807) is 7.11 Å². The second kappa shape index (κ2) is 7.93. The van der Waals surface area contributed by atoms with E-state index < -0.39 is 0 Å². The third-order valence-corrected chi connectivity index (χ3v) is 4.78. The van der Waals surface area contributed by atoms with Crippen molar-refractivity contribution in [1.29, 1.82) is 0 Å². The Kier molecular flexibility index (Phi) is 6.90. The highest BCUT2D eigenvalue weighted by molar-refractivity contribution is 7.11. The summed E-state index contributed by atoms with van der Waals surface area (Å²) in [6.07, 6.45) is 3.53. The largest absolute Gasteiger partial charge is 0.383 e. The molecule has 0 spiro atoms. The Morgan fingerprint density at radius 2 is 2.00 bits per heavy atom. The van der Waals surface area contributed by atoms with Crippen LogP contribution in [0.4, 0.5) is 0 Å². The van der Waals surface area contributed by atoms with Crippen molar-refractivity contribution in [1.82, 2.24) is 5.32 Å². The Balaban J connectivity index is 2.47. The van der Waals surface area contributed by atoms with Gasteiger partial charge in [0.1, 0.15) is 0 Å². The molecule has 1 aromatic heterocycles. The van der Waals surface area contributed by atoms with Gasteiger partial charge in [-0.2, -0.15) is 0 Å². The van der Waals surface area contributed by atoms with Crippen molar-refractivity contribution in [2.45, 2.75) is 40.0 Å². The molecule has 0 bridgehead atoms. The molecule has 1 heterocycles. The maximum absolute atomic E-state index is 5.07. The lowest BCUT2D eigenvalue weighted by molar-refractivity contribution is 0.191. The number of thiophene rings is 1. The van der Waals surface area contributed by atoms with Crippen molar-refractivity contribution < 1.29 is 4.74 Å². The summed E-state index contributed by atoms with van der Waals surface area (Å²) < 4.78 is 5.07. The minimum atomic E-state index is 0.351. The average molecular weight is 269 g/mol. The molecule has 104 valence electrons. The molecule has 0 fully saturated rings. The molecule has 1 atom stereocenters. The van der Waals surface area contributed by atoms with Crippen LogP contribution in [0, 0.1) is 5.41 Å². The number of aryl methyl sites for hydroxylation is 1. The van der Waals surface area contributed by atoms with Gasteiger partial charge < -0.3 is 10.1 Å². The number of ether oxygens (including phenoxy) is 1. The Hall–Kier alpha value is -0.380. The van der Waals surface area contributed by atoms with Gasteiger partial charge >= 0.3 is 0 Å². The first-order chi connectivity index (χ1) is 8.63. The molecule has 1 N–H and O–H groups in total. The molecule has 0 radical (unpaired) electrons. The van der Waals surface area contributed by atoms with Crippen molar-refractivity contribution in [2.24, 2.45) is 5.41 Å². The Labute approximate surface area is 116 Å². The Bertz CT molecular complexity index is 337. The van der Waals surface area contributed by atoms with Crippen molar-refractivity contribution in [3.63, 3.8) is 0 Å². The number of hydrogen-bond acceptors (Lipinski definition) is 3. The first kappa shape index (κ1) is 15.7. The highest BCUT2D eigenvalue weighted by Gasteiger charge is 2.22. The molecular weight excluding hydrogens is 242 g/mol. The smallest absolute Gasteiger partial charge is 0.0587 e. The lowest BCUT2D eigenvalue weighted by Crippen LogP contribution is -2.34. The molecule has 3 heteroatoms. The topological polar surface area (TPSA) is 21.3 Å². The second-order valence-corrected chi connectivity index (χ2v) is 6.49. The van der Waals surface area contributed by atoms with Gasteiger partial charge in [0.05, 0.1) is 6.61 Å². The van der Waals surface area contributed by atoms with E-state index in [0.29, 0.717) is 5.41 Å². The summed E-state index contributed by atoms with van der Waals surface area (Å²) in [5.41, 5.74) is 0.351. The number of nitrogens with one attached hydrogen (secondary N) is 1. The van der Waals surface area contributed by atoms with E-state index in [4.69, 9.17) is 4.74 Å². The zero-order chi connectivity index (χ0) is 13.4. The summed E-state index contributed by atoms with van der Waals surface area (Å²) >= 11 is 1.97. The van der Waals surface area contributed by atoms with Gasteiger partial charge in [-0.1, -0.05) is 20.8 Å². The monoisotopic (exact) mass is 269 g/mol. The normalized spacial score (nSPS) is 14.7. The Morgan fingerprint density at radius 3 is 2.56 bits per heavy atom. The van der Waals surface area contributed by atoms with Gasteiger partial charge in [0.15, 0.2) is 0 Å². The fraction of sp³-hybridized carbons (Fsp3) is 0.733. The van der Waals surface area contributed by atoms with Crippen LogP contribution < -0.4 is 5.32 Å². The molecule has 0 saturated heterocycles. The van der Waals surface area contributed by atoms with Crippen LogP contribution in [0.1, 0.15) is 36.9 Å². The number of methoxy groups -OCH3 is 1. The molecule has 18 heavy (non-hydrogen) atoms. The summed E-state index contributed by atoms with van der Waals surface area (Å²) in [4.78, 5) is 3.01. The van der Waals surface area contributed by atoms with Gasteiger partial charge in [0.25, 0.3) is 0 Å². The number of rotatable bonds is 9. The molecule has 2 nitrogen and oxygen atoms in total. The quantitative estimate of drug-likeness (QED) is 0.693. The molecule has 0 aliphatic rings. The molecule has 0 saturated carbocycles. The van der Waals surface area contributed by atoms with Gasteiger partial charge in [-0.15, -0.1) is 11.3 Å². The van der Waals surface area contributed by atoms with Gasteiger partial charge in [-0.05, 0) is 36.8 Å². The minimum absolute atomic E-state index is 0.351. The molecule has 0 aliphatic carbocycles. The van der Waals surface area contributed by atoms with Crippen LogP contribution >= 0.6 is 11.3 Å². The lowest BCUT2D eigenvalue weighted by Gasteiger charge is -2.28. The van der Waals surface area contributed by atoms with Crippen molar-refractivity contribution in [3.05, 3.63) is 21.9 Å². The van der Waals surface area contributed by atoms with E-state index in [2.05, 4.69) is 38.2 Å². The van der Waals surface area contributed by atoms with Crippen molar-refractivity contribution in [2.75, 3.05) is 26.8 Å². The van der Waals surface area contributed by atoms with Gasteiger partial charge in [0.2, 0.25) is 0 Å². The third kappa shape index (κ3) is 5.09. The maximum atomic E-state index is 5.07. The Morgan fingerprint density at radius 1 is 1.28 bits per heavy atom. The number of hydrogen-bond donors (Lipinski definition) is 1. The molecule has 0 aromatic carbocycles. The molecule has 1 unspecified atom stereocenters. The SMILES string of the molecule is CCc1ccc(CC(C)(CC)CNCCOC)s1. The van der Waals surface area contributed by atoms with E-state index in [1.165, 1.54) is 22.6 Å².